The van der Waals surface area contributed by atoms with E-state index in [-0.39, 0.29) is 5.56 Å². The number of amides is 1. The first-order valence-electron chi connectivity index (χ1n) is 7.93. The summed E-state index contributed by atoms with van der Waals surface area (Å²) in [7, 11) is 1.38. The second-order valence-corrected chi connectivity index (χ2v) is 6.69. The van der Waals surface area contributed by atoms with Crippen LogP contribution in [0.1, 0.15) is 31.9 Å². The van der Waals surface area contributed by atoms with Gasteiger partial charge >= 0.3 is 18.2 Å². The summed E-state index contributed by atoms with van der Waals surface area (Å²) < 4.78 is 48.9. The highest BCUT2D eigenvalue weighted by Gasteiger charge is 2.35. The zero-order chi connectivity index (χ0) is 20.8. The van der Waals surface area contributed by atoms with Gasteiger partial charge in [0.05, 0.1) is 13.7 Å². The number of nitrogens with zero attached hydrogens (tertiary/aromatic N) is 1. The Bertz CT molecular complexity index is 708. The lowest BCUT2D eigenvalue weighted by molar-refractivity contribution is -0.145. The number of ether oxygens (including phenoxy) is 2. The number of carbonyl (C=O) groups excluding carboxylic acids is 1. The molecule has 6 nitrogen and oxygen atoms in total. The Labute approximate surface area is 155 Å². The van der Waals surface area contributed by atoms with Gasteiger partial charge in [-0.25, -0.2) is 9.59 Å². The smallest absolute Gasteiger partial charge is 0.410 e. The second kappa shape index (κ2) is 8.79. The lowest BCUT2D eigenvalue weighted by atomic mass is 10.1. The SMILES string of the molecule is COc1ccc(C=CC(=O)O)c(CN(CC(F)(F)F)C(=O)OC(C)(C)C)c1. The number of benzene rings is 1. The maximum Gasteiger partial charge on any atom is 0.410 e. The van der Waals surface area contributed by atoms with Crippen molar-refractivity contribution in [3.05, 3.63) is 35.4 Å². The van der Waals surface area contributed by atoms with Crippen LogP contribution in [0.15, 0.2) is 24.3 Å². The quantitative estimate of drug-likeness (QED) is 0.742. The molecule has 27 heavy (non-hydrogen) atoms. The number of methoxy groups -OCH3 is 1. The topological polar surface area (TPSA) is 76.1 Å². The number of carboxylic acids is 1. The lowest BCUT2D eigenvalue weighted by Crippen LogP contribution is -2.41. The highest BCUT2D eigenvalue weighted by molar-refractivity contribution is 5.85. The van der Waals surface area contributed by atoms with E-state index in [0.717, 1.165) is 6.08 Å². The van der Waals surface area contributed by atoms with E-state index in [9.17, 15) is 22.8 Å². The van der Waals surface area contributed by atoms with Gasteiger partial charge in [-0.15, -0.1) is 0 Å². The van der Waals surface area contributed by atoms with E-state index in [1.54, 1.807) is 20.8 Å². The van der Waals surface area contributed by atoms with Crippen LogP contribution in [0, 0.1) is 0 Å². The molecule has 0 aliphatic heterocycles. The number of rotatable bonds is 6. The van der Waals surface area contributed by atoms with E-state index in [2.05, 4.69) is 0 Å². The van der Waals surface area contributed by atoms with Crippen molar-refractivity contribution in [3.63, 3.8) is 0 Å². The van der Waals surface area contributed by atoms with Crippen molar-refractivity contribution >= 4 is 18.1 Å². The van der Waals surface area contributed by atoms with E-state index in [1.165, 1.54) is 31.4 Å². The van der Waals surface area contributed by atoms with Crippen LogP contribution in [0.25, 0.3) is 6.08 Å². The molecule has 0 saturated heterocycles. The van der Waals surface area contributed by atoms with Crippen LogP contribution in [-0.2, 0) is 16.1 Å². The molecule has 0 aromatic heterocycles. The molecule has 0 bridgehead atoms. The molecule has 9 heteroatoms. The van der Waals surface area contributed by atoms with Crippen LogP contribution >= 0.6 is 0 Å². The van der Waals surface area contributed by atoms with Gasteiger partial charge < -0.3 is 14.6 Å². The van der Waals surface area contributed by atoms with Crippen molar-refractivity contribution in [3.8, 4) is 5.75 Å². The molecule has 0 atom stereocenters. The summed E-state index contributed by atoms with van der Waals surface area (Å²) in [6.07, 6.45) is -3.67. The minimum Gasteiger partial charge on any atom is -0.497 e. The fourth-order valence-electron chi connectivity index (χ4n) is 2.10. The van der Waals surface area contributed by atoms with Crippen LogP contribution in [0.2, 0.25) is 0 Å². The Morgan fingerprint density at radius 2 is 1.85 bits per heavy atom. The highest BCUT2D eigenvalue weighted by atomic mass is 19.4. The molecule has 1 rings (SSSR count). The second-order valence-electron chi connectivity index (χ2n) is 6.69. The summed E-state index contributed by atoms with van der Waals surface area (Å²) in [5.74, 6) is -0.857. The third kappa shape index (κ3) is 8.48. The number of halogens is 3. The third-order valence-corrected chi connectivity index (χ3v) is 3.14. The fraction of sp³-hybridized carbons (Fsp3) is 0.444. The summed E-state index contributed by atoms with van der Waals surface area (Å²) in [4.78, 5) is 23.5. The maximum atomic E-state index is 12.9. The molecule has 0 fully saturated rings. The Balaban J connectivity index is 3.25. The number of alkyl halides is 3. The van der Waals surface area contributed by atoms with Gasteiger partial charge in [0.15, 0.2) is 0 Å². The minimum absolute atomic E-state index is 0.280. The molecule has 150 valence electrons. The number of hydrogen-bond acceptors (Lipinski definition) is 4. The first kappa shape index (κ1) is 22.3. The number of aliphatic carboxylic acids is 1. The van der Waals surface area contributed by atoms with Gasteiger partial charge in [0.2, 0.25) is 0 Å². The normalized spacial score (nSPS) is 12.1. The molecule has 0 radical (unpaired) electrons. The standard InChI is InChI=1S/C18H22F3NO5/c1-17(2,3)27-16(25)22(11-18(19,20)21)10-13-9-14(26-4)7-5-12(13)6-8-15(23)24/h5-9H,10-11H2,1-4H3,(H,23,24). The van der Waals surface area contributed by atoms with Crippen molar-refractivity contribution in [1.29, 1.82) is 0 Å². The van der Waals surface area contributed by atoms with Crippen LogP contribution in [0.3, 0.4) is 0 Å². The molecule has 1 N–H and O–H groups in total. The van der Waals surface area contributed by atoms with Gasteiger partial charge in [-0.3, -0.25) is 4.90 Å². The highest BCUT2D eigenvalue weighted by Crippen LogP contribution is 2.25. The maximum absolute atomic E-state index is 12.9. The predicted molar refractivity (Wildman–Crippen MR) is 92.4 cm³/mol. The summed E-state index contributed by atoms with van der Waals surface area (Å²) in [5, 5.41) is 8.77. The molecule has 1 amide bonds. The van der Waals surface area contributed by atoms with E-state index in [1.807, 2.05) is 0 Å². The monoisotopic (exact) mass is 389 g/mol. The lowest BCUT2D eigenvalue weighted by Gasteiger charge is -2.28. The zero-order valence-electron chi connectivity index (χ0n) is 15.5. The van der Waals surface area contributed by atoms with Crippen LogP contribution < -0.4 is 4.74 Å². The zero-order valence-corrected chi connectivity index (χ0v) is 15.5. The molecular weight excluding hydrogens is 367 g/mol. The predicted octanol–water partition coefficient (Wildman–Crippen LogP) is 4.09. The van der Waals surface area contributed by atoms with E-state index < -0.39 is 36.9 Å². The number of carboxylic acid groups (broad SMARTS) is 1. The van der Waals surface area contributed by atoms with E-state index in [0.29, 0.717) is 16.2 Å². The van der Waals surface area contributed by atoms with Gasteiger partial charge in [-0.2, -0.15) is 13.2 Å². The summed E-state index contributed by atoms with van der Waals surface area (Å²) in [6, 6.07) is 4.47. The Morgan fingerprint density at radius 1 is 1.22 bits per heavy atom. The third-order valence-electron chi connectivity index (χ3n) is 3.14. The van der Waals surface area contributed by atoms with Gasteiger partial charge in [0.25, 0.3) is 0 Å². The molecule has 1 aromatic carbocycles. The largest absolute Gasteiger partial charge is 0.497 e. The summed E-state index contributed by atoms with van der Waals surface area (Å²) in [5.41, 5.74) is -0.350. The molecule has 1 aromatic rings. The van der Waals surface area contributed by atoms with Gasteiger partial charge in [-0.1, -0.05) is 6.07 Å². The van der Waals surface area contributed by atoms with Crippen molar-refractivity contribution in [2.45, 2.75) is 39.1 Å². The van der Waals surface area contributed by atoms with Crippen LogP contribution in [-0.4, -0.2) is 47.5 Å². The van der Waals surface area contributed by atoms with Crippen LogP contribution in [0.5, 0.6) is 5.75 Å². The van der Waals surface area contributed by atoms with Crippen molar-refractivity contribution in [2.24, 2.45) is 0 Å². The first-order chi connectivity index (χ1) is 12.3. The van der Waals surface area contributed by atoms with Crippen LogP contribution in [0.4, 0.5) is 18.0 Å². The van der Waals surface area contributed by atoms with Gasteiger partial charge in [-0.05, 0) is 50.1 Å². The fourth-order valence-corrected chi connectivity index (χ4v) is 2.10. The summed E-state index contributed by atoms with van der Waals surface area (Å²) in [6.45, 7) is 2.68. The van der Waals surface area contributed by atoms with Crippen molar-refractivity contribution in [2.75, 3.05) is 13.7 Å². The average Bonchev–Trinajstić information content (AvgIpc) is 2.49. The van der Waals surface area contributed by atoms with Crippen molar-refractivity contribution < 1.29 is 37.3 Å². The minimum atomic E-state index is -4.63. The Morgan fingerprint density at radius 3 is 2.33 bits per heavy atom. The molecule has 0 spiro atoms. The van der Waals surface area contributed by atoms with Gasteiger partial charge in [0, 0.05) is 6.08 Å². The number of hydrogen-bond donors (Lipinski definition) is 1. The Kier molecular flexibility index (Phi) is 7.27. The van der Waals surface area contributed by atoms with Gasteiger partial charge in [0.1, 0.15) is 17.9 Å². The van der Waals surface area contributed by atoms with E-state index >= 15 is 0 Å². The Hall–Kier alpha value is -2.71. The first-order valence-corrected chi connectivity index (χ1v) is 7.93. The molecule has 0 aliphatic rings. The molecule has 0 saturated carbocycles. The molecule has 0 heterocycles. The summed E-state index contributed by atoms with van der Waals surface area (Å²) >= 11 is 0. The average molecular weight is 389 g/mol. The molecular formula is C18H22F3NO5. The number of carbonyl (C=O) groups is 2. The van der Waals surface area contributed by atoms with E-state index in [4.69, 9.17) is 14.6 Å². The molecule has 0 aliphatic carbocycles. The molecule has 0 unspecified atom stereocenters. The van der Waals surface area contributed by atoms with Crippen molar-refractivity contribution in [1.82, 2.24) is 4.90 Å².